The predicted molar refractivity (Wildman–Crippen MR) is 135 cm³/mol. The van der Waals surface area contributed by atoms with Crippen LogP contribution in [-0.2, 0) is 19.6 Å². The molecule has 0 aliphatic carbocycles. The van der Waals surface area contributed by atoms with Gasteiger partial charge in [0.2, 0.25) is 0 Å². The van der Waals surface area contributed by atoms with E-state index in [4.69, 9.17) is 23.7 Å². The Balaban J connectivity index is 1.65. The molecule has 37 heavy (non-hydrogen) atoms. The van der Waals surface area contributed by atoms with Crippen LogP contribution in [0.2, 0.25) is 0 Å². The Morgan fingerprint density at radius 1 is 0.784 bits per heavy atom. The normalized spacial score (nSPS) is 10.7. The maximum atomic E-state index is 12.6. The summed E-state index contributed by atoms with van der Waals surface area (Å²) in [5.74, 6) is 0.188. The van der Waals surface area contributed by atoms with Crippen molar-refractivity contribution >= 4 is 33.3 Å². The summed E-state index contributed by atoms with van der Waals surface area (Å²) in [5, 5.41) is 2.58. The van der Waals surface area contributed by atoms with Crippen LogP contribution in [0.15, 0.2) is 65.6 Å². The fourth-order valence-electron chi connectivity index (χ4n) is 3.18. The molecule has 0 aromatic heterocycles. The number of benzene rings is 3. The lowest BCUT2D eigenvalue weighted by atomic mass is 10.1. The van der Waals surface area contributed by atoms with Crippen LogP contribution in [0.3, 0.4) is 0 Å². The van der Waals surface area contributed by atoms with E-state index in [1.54, 1.807) is 24.3 Å². The number of ether oxygens (including phenoxy) is 5. The molecule has 0 bridgehead atoms. The van der Waals surface area contributed by atoms with Gasteiger partial charge < -0.3 is 29.0 Å². The molecule has 0 spiro atoms. The number of anilines is 2. The monoisotopic (exact) mass is 530 g/mol. The van der Waals surface area contributed by atoms with E-state index in [-0.39, 0.29) is 27.6 Å². The van der Waals surface area contributed by atoms with Crippen LogP contribution in [0, 0.1) is 0 Å². The summed E-state index contributed by atoms with van der Waals surface area (Å²) in [5.41, 5.74) is 0.579. The third-order valence-corrected chi connectivity index (χ3v) is 6.45. The number of carbonyl (C=O) groups excluding carboxylic acids is 2. The number of amides is 1. The summed E-state index contributed by atoms with van der Waals surface area (Å²) in [7, 11) is 1.72. The van der Waals surface area contributed by atoms with Gasteiger partial charge in [-0.2, -0.15) is 0 Å². The lowest BCUT2D eigenvalue weighted by Crippen LogP contribution is -2.22. The van der Waals surface area contributed by atoms with Gasteiger partial charge in [0.1, 0.15) is 11.5 Å². The maximum Gasteiger partial charge on any atom is 0.340 e. The third kappa shape index (κ3) is 6.82. The van der Waals surface area contributed by atoms with Crippen molar-refractivity contribution in [2.24, 2.45) is 0 Å². The van der Waals surface area contributed by atoms with Gasteiger partial charge in [-0.15, -0.1) is 0 Å². The molecule has 0 aliphatic heterocycles. The fraction of sp³-hybridized carbons (Fsp3) is 0.200. The van der Waals surface area contributed by atoms with Gasteiger partial charge in [0.15, 0.2) is 18.1 Å². The molecule has 11 nitrogen and oxygen atoms in total. The molecule has 0 saturated carbocycles. The van der Waals surface area contributed by atoms with Gasteiger partial charge in [0, 0.05) is 17.8 Å². The van der Waals surface area contributed by atoms with Gasteiger partial charge in [0.25, 0.3) is 15.9 Å². The van der Waals surface area contributed by atoms with Crippen LogP contribution in [0.1, 0.15) is 10.4 Å². The Morgan fingerprint density at radius 3 is 1.95 bits per heavy atom. The molecular formula is C25H26N2O9S. The van der Waals surface area contributed by atoms with Crippen molar-refractivity contribution in [1.82, 2.24) is 0 Å². The number of carbonyl (C=O) groups is 2. The van der Waals surface area contributed by atoms with Crippen molar-refractivity contribution in [3.63, 3.8) is 0 Å². The third-order valence-electron chi connectivity index (χ3n) is 5.05. The van der Waals surface area contributed by atoms with Crippen molar-refractivity contribution in [3.8, 4) is 23.0 Å². The smallest absolute Gasteiger partial charge is 0.340 e. The van der Waals surface area contributed by atoms with E-state index in [1.807, 2.05) is 0 Å². The first-order valence-electron chi connectivity index (χ1n) is 10.7. The minimum atomic E-state index is -3.84. The van der Waals surface area contributed by atoms with Crippen LogP contribution in [0.5, 0.6) is 23.0 Å². The van der Waals surface area contributed by atoms with Crippen molar-refractivity contribution < 1.29 is 41.7 Å². The molecule has 196 valence electrons. The molecule has 12 heteroatoms. The quantitative estimate of drug-likeness (QED) is 0.358. The van der Waals surface area contributed by atoms with Gasteiger partial charge in [-0.3, -0.25) is 9.52 Å². The SMILES string of the molecule is COC(=O)c1cc(OC)c(OC)cc1NC(=O)COc1ccc(S(=O)(=O)Nc2ccc(OC)cc2)cc1. The van der Waals surface area contributed by atoms with E-state index in [9.17, 15) is 18.0 Å². The van der Waals surface area contributed by atoms with Crippen LogP contribution in [0.25, 0.3) is 0 Å². The molecule has 3 rings (SSSR count). The molecule has 3 aromatic rings. The van der Waals surface area contributed by atoms with E-state index in [0.717, 1.165) is 0 Å². The summed E-state index contributed by atoms with van der Waals surface area (Å²) in [6, 6.07) is 14.8. The number of nitrogens with one attached hydrogen (secondary N) is 2. The number of sulfonamides is 1. The van der Waals surface area contributed by atoms with E-state index in [1.165, 1.54) is 64.8 Å². The van der Waals surface area contributed by atoms with Gasteiger partial charge in [-0.25, -0.2) is 13.2 Å². The molecule has 0 atom stereocenters. The lowest BCUT2D eigenvalue weighted by molar-refractivity contribution is -0.118. The maximum absolute atomic E-state index is 12.6. The summed E-state index contributed by atoms with van der Waals surface area (Å²) in [6.07, 6.45) is 0. The molecule has 0 radical (unpaired) electrons. The topological polar surface area (TPSA) is 138 Å². The van der Waals surface area contributed by atoms with Gasteiger partial charge >= 0.3 is 5.97 Å². The Kier molecular flexibility index (Phi) is 8.80. The van der Waals surface area contributed by atoms with Gasteiger partial charge in [-0.1, -0.05) is 0 Å². The van der Waals surface area contributed by atoms with Crippen LogP contribution in [-0.4, -0.2) is 55.3 Å². The molecular weight excluding hydrogens is 504 g/mol. The van der Waals surface area contributed by atoms with Crippen molar-refractivity contribution in [2.75, 3.05) is 45.1 Å². The van der Waals surface area contributed by atoms with Crippen molar-refractivity contribution in [3.05, 3.63) is 66.2 Å². The summed E-state index contributed by atoms with van der Waals surface area (Å²) in [4.78, 5) is 24.7. The Labute approximate surface area is 214 Å². The highest BCUT2D eigenvalue weighted by Crippen LogP contribution is 2.33. The summed E-state index contributed by atoms with van der Waals surface area (Å²) < 4.78 is 53.5. The van der Waals surface area contributed by atoms with Crippen LogP contribution < -0.4 is 29.0 Å². The van der Waals surface area contributed by atoms with Gasteiger partial charge in [0.05, 0.1) is 44.6 Å². The minimum Gasteiger partial charge on any atom is -0.497 e. The van der Waals surface area contributed by atoms with Crippen molar-refractivity contribution in [1.29, 1.82) is 0 Å². The van der Waals surface area contributed by atoms with Crippen LogP contribution >= 0.6 is 0 Å². The lowest BCUT2D eigenvalue weighted by Gasteiger charge is -2.15. The van der Waals surface area contributed by atoms with E-state index < -0.39 is 28.5 Å². The van der Waals surface area contributed by atoms with Crippen LogP contribution in [0.4, 0.5) is 11.4 Å². The molecule has 3 aromatic carbocycles. The number of hydrogen-bond donors (Lipinski definition) is 2. The average Bonchev–Trinajstić information content (AvgIpc) is 2.91. The Hall–Kier alpha value is -4.45. The average molecular weight is 531 g/mol. The molecule has 0 heterocycles. The zero-order chi connectivity index (χ0) is 27.0. The van der Waals surface area contributed by atoms with Crippen molar-refractivity contribution in [2.45, 2.75) is 4.90 Å². The largest absolute Gasteiger partial charge is 0.497 e. The molecule has 0 aliphatic rings. The zero-order valence-corrected chi connectivity index (χ0v) is 21.4. The fourth-order valence-corrected chi connectivity index (χ4v) is 4.24. The highest BCUT2D eigenvalue weighted by molar-refractivity contribution is 7.92. The standard InChI is InChI=1S/C25H26N2O9S/c1-32-17-7-5-16(6-8-17)27-37(30,31)19-11-9-18(10-12-19)36-15-24(28)26-21-14-23(34-3)22(33-2)13-20(21)25(29)35-4/h5-14,27H,15H2,1-4H3,(H,26,28). The first-order valence-corrected chi connectivity index (χ1v) is 12.2. The molecule has 0 unspecified atom stereocenters. The minimum absolute atomic E-state index is 0.00756. The molecule has 0 saturated heterocycles. The Morgan fingerprint density at radius 2 is 1.38 bits per heavy atom. The highest BCUT2D eigenvalue weighted by Gasteiger charge is 2.20. The first kappa shape index (κ1) is 27.1. The van der Waals surface area contributed by atoms with Gasteiger partial charge in [-0.05, 0) is 48.5 Å². The second-order valence-corrected chi connectivity index (χ2v) is 9.07. The number of rotatable bonds is 11. The van der Waals surface area contributed by atoms with E-state index in [0.29, 0.717) is 17.2 Å². The summed E-state index contributed by atoms with van der Waals surface area (Å²) in [6.45, 7) is -0.412. The molecule has 2 N–H and O–H groups in total. The first-order chi connectivity index (χ1) is 17.7. The predicted octanol–water partition coefficient (Wildman–Crippen LogP) is 3.32. The number of methoxy groups -OCH3 is 4. The van der Waals surface area contributed by atoms with E-state index >= 15 is 0 Å². The second kappa shape index (κ2) is 12.0. The number of hydrogen-bond acceptors (Lipinski definition) is 9. The van der Waals surface area contributed by atoms with E-state index in [2.05, 4.69) is 10.0 Å². The Bertz CT molecular complexity index is 1360. The zero-order valence-electron chi connectivity index (χ0n) is 20.6. The number of esters is 1. The molecule has 0 fully saturated rings. The second-order valence-electron chi connectivity index (χ2n) is 7.39. The summed E-state index contributed by atoms with van der Waals surface area (Å²) >= 11 is 0. The molecule has 1 amide bonds. The highest BCUT2D eigenvalue weighted by atomic mass is 32.2.